The van der Waals surface area contributed by atoms with Gasteiger partial charge < -0.3 is 9.15 Å². The van der Waals surface area contributed by atoms with Crippen LogP contribution in [0.3, 0.4) is 0 Å². The van der Waals surface area contributed by atoms with Crippen molar-refractivity contribution in [2.75, 3.05) is 7.11 Å². The molecule has 0 unspecified atom stereocenters. The van der Waals surface area contributed by atoms with E-state index in [9.17, 15) is 4.79 Å². The second-order valence-electron chi connectivity index (χ2n) is 4.41. The van der Waals surface area contributed by atoms with Crippen LogP contribution in [0.25, 0.3) is 11.0 Å². The second kappa shape index (κ2) is 5.71. The molecule has 0 aliphatic heterocycles. The molecule has 1 aromatic heterocycles. The zero-order chi connectivity index (χ0) is 13.0. The van der Waals surface area contributed by atoms with E-state index in [1.807, 2.05) is 12.1 Å². The second-order valence-corrected chi connectivity index (χ2v) is 4.41. The van der Waals surface area contributed by atoms with Crippen LogP contribution in [0.2, 0.25) is 0 Å². The Balaban J connectivity index is 2.42. The molecule has 0 N–H and O–H groups in total. The van der Waals surface area contributed by atoms with Crippen LogP contribution in [0, 0.1) is 0 Å². The van der Waals surface area contributed by atoms with Gasteiger partial charge in [-0.2, -0.15) is 0 Å². The van der Waals surface area contributed by atoms with E-state index in [-0.39, 0.29) is 5.63 Å². The highest BCUT2D eigenvalue weighted by molar-refractivity contribution is 5.81. The van der Waals surface area contributed by atoms with E-state index in [1.54, 1.807) is 19.2 Å². The van der Waals surface area contributed by atoms with Crippen molar-refractivity contribution in [1.29, 1.82) is 0 Å². The summed E-state index contributed by atoms with van der Waals surface area (Å²) in [5.74, 6) is 0.705. The van der Waals surface area contributed by atoms with Gasteiger partial charge >= 0.3 is 5.63 Å². The lowest BCUT2D eigenvalue weighted by molar-refractivity contribution is 0.414. The molecule has 0 radical (unpaired) electrons. The standard InChI is InChI=1S/C15H18O3/c1-3-4-5-6-11-9-15(16)18-14-10-12(17-2)7-8-13(11)14/h7-10H,3-6H2,1-2H3. The summed E-state index contributed by atoms with van der Waals surface area (Å²) in [7, 11) is 1.60. The number of rotatable bonds is 5. The van der Waals surface area contributed by atoms with Crippen LogP contribution in [-0.4, -0.2) is 7.11 Å². The smallest absolute Gasteiger partial charge is 0.336 e. The van der Waals surface area contributed by atoms with E-state index in [1.165, 1.54) is 12.8 Å². The number of hydrogen-bond donors (Lipinski definition) is 0. The summed E-state index contributed by atoms with van der Waals surface area (Å²) in [6, 6.07) is 7.22. The monoisotopic (exact) mass is 246 g/mol. The Labute approximate surface area is 106 Å². The van der Waals surface area contributed by atoms with E-state index in [0.717, 1.165) is 23.8 Å². The van der Waals surface area contributed by atoms with Gasteiger partial charge in [0.15, 0.2) is 0 Å². The highest BCUT2D eigenvalue weighted by Crippen LogP contribution is 2.23. The van der Waals surface area contributed by atoms with Crippen molar-refractivity contribution in [3.63, 3.8) is 0 Å². The summed E-state index contributed by atoms with van der Waals surface area (Å²) in [6.45, 7) is 2.17. The number of benzene rings is 1. The van der Waals surface area contributed by atoms with Gasteiger partial charge in [-0.15, -0.1) is 0 Å². The molecule has 0 saturated carbocycles. The molecule has 18 heavy (non-hydrogen) atoms. The van der Waals surface area contributed by atoms with Crippen molar-refractivity contribution in [2.24, 2.45) is 0 Å². The Hall–Kier alpha value is -1.77. The lowest BCUT2D eigenvalue weighted by Crippen LogP contribution is -2.01. The maximum atomic E-state index is 11.5. The van der Waals surface area contributed by atoms with Crippen molar-refractivity contribution in [3.05, 3.63) is 40.2 Å². The zero-order valence-corrected chi connectivity index (χ0v) is 10.9. The predicted molar refractivity (Wildman–Crippen MR) is 72.3 cm³/mol. The minimum absolute atomic E-state index is 0.290. The Morgan fingerprint density at radius 1 is 1.22 bits per heavy atom. The number of methoxy groups -OCH3 is 1. The molecular formula is C15H18O3. The van der Waals surface area contributed by atoms with Gasteiger partial charge in [0.05, 0.1) is 7.11 Å². The van der Waals surface area contributed by atoms with Crippen LogP contribution in [-0.2, 0) is 6.42 Å². The van der Waals surface area contributed by atoms with E-state index in [2.05, 4.69) is 6.92 Å². The molecule has 0 atom stereocenters. The molecule has 0 fully saturated rings. The summed E-state index contributed by atoms with van der Waals surface area (Å²) in [5.41, 5.74) is 1.38. The van der Waals surface area contributed by atoms with E-state index >= 15 is 0 Å². The summed E-state index contributed by atoms with van der Waals surface area (Å²) in [5, 5.41) is 1.01. The maximum absolute atomic E-state index is 11.5. The highest BCUT2D eigenvalue weighted by Gasteiger charge is 2.06. The molecule has 0 saturated heterocycles. The quantitative estimate of drug-likeness (QED) is 0.598. The van der Waals surface area contributed by atoms with E-state index in [0.29, 0.717) is 11.3 Å². The van der Waals surface area contributed by atoms with Crippen molar-refractivity contribution in [3.8, 4) is 5.75 Å². The summed E-state index contributed by atoms with van der Waals surface area (Å²) in [4.78, 5) is 11.5. The van der Waals surface area contributed by atoms with Crippen LogP contribution >= 0.6 is 0 Å². The summed E-state index contributed by atoms with van der Waals surface area (Å²) in [6.07, 6.45) is 4.37. The first-order valence-corrected chi connectivity index (χ1v) is 6.35. The van der Waals surface area contributed by atoms with Crippen molar-refractivity contribution in [2.45, 2.75) is 32.6 Å². The third-order valence-corrected chi connectivity index (χ3v) is 3.09. The van der Waals surface area contributed by atoms with Gasteiger partial charge in [0.1, 0.15) is 11.3 Å². The predicted octanol–water partition coefficient (Wildman–Crippen LogP) is 3.53. The van der Waals surface area contributed by atoms with Crippen LogP contribution < -0.4 is 10.4 Å². The van der Waals surface area contributed by atoms with Gasteiger partial charge in [0, 0.05) is 17.5 Å². The van der Waals surface area contributed by atoms with Gasteiger partial charge in [0.2, 0.25) is 0 Å². The largest absolute Gasteiger partial charge is 0.497 e. The van der Waals surface area contributed by atoms with Crippen molar-refractivity contribution >= 4 is 11.0 Å². The number of aryl methyl sites for hydroxylation is 1. The minimum atomic E-state index is -0.290. The number of ether oxygens (including phenoxy) is 1. The molecule has 96 valence electrons. The molecule has 2 rings (SSSR count). The lowest BCUT2D eigenvalue weighted by Gasteiger charge is -2.06. The molecule has 0 amide bonds. The molecular weight excluding hydrogens is 228 g/mol. The maximum Gasteiger partial charge on any atom is 0.336 e. The molecule has 3 nitrogen and oxygen atoms in total. The fourth-order valence-corrected chi connectivity index (χ4v) is 2.11. The van der Waals surface area contributed by atoms with Crippen molar-refractivity contribution in [1.82, 2.24) is 0 Å². The minimum Gasteiger partial charge on any atom is -0.497 e. The van der Waals surface area contributed by atoms with Gasteiger partial charge in [-0.1, -0.05) is 19.8 Å². The molecule has 0 aliphatic rings. The van der Waals surface area contributed by atoms with Gasteiger partial charge in [-0.25, -0.2) is 4.79 Å². The average molecular weight is 246 g/mol. The molecule has 2 aromatic rings. The Morgan fingerprint density at radius 2 is 2.06 bits per heavy atom. The Morgan fingerprint density at radius 3 is 2.78 bits per heavy atom. The van der Waals surface area contributed by atoms with Crippen LogP contribution in [0.4, 0.5) is 0 Å². The molecule has 0 spiro atoms. The third-order valence-electron chi connectivity index (χ3n) is 3.09. The molecule has 1 heterocycles. The van der Waals surface area contributed by atoms with Gasteiger partial charge in [0.25, 0.3) is 0 Å². The third kappa shape index (κ3) is 2.73. The summed E-state index contributed by atoms with van der Waals surface area (Å²) < 4.78 is 10.4. The topological polar surface area (TPSA) is 39.4 Å². The van der Waals surface area contributed by atoms with Crippen molar-refractivity contribution < 1.29 is 9.15 Å². The number of fused-ring (bicyclic) bond motifs is 1. The summed E-state index contributed by atoms with van der Waals surface area (Å²) >= 11 is 0. The fourth-order valence-electron chi connectivity index (χ4n) is 2.11. The van der Waals surface area contributed by atoms with E-state index < -0.39 is 0 Å². The van der Waals surface area contributed by atoms with Gasteiger partial charge in [-0.05, 0) is 30.5 Å². The molecule has 3 heteroatoms. The zero-order valence-electron chi connectivity index (χ0n) is 10.9. The first kappa shape index (κ1) is 12.7. The highest BCUT2D eigenvalue weighted by atomic mass is 16.5. The SMILES string of the molecule is CCCCCc1cc(=O)oc2cc(OC)ccc12. The first-order chi connectivity index (χ1) is 8.74. The van der Waals surface area contributed by atoms with Gasteiger partial charge in [-0.3, -0.25) is 0 Å². The normalized spacial score (nSPS) is 10.8. The Kier molecular flexibility index (Phi) is 4.03. The number of hydrogen-bond acceptors (Lipinski definition) is 3. The average Bonchev–Trinajstić information content (AvgIpc) is 2.38. The van der Waals surface area contributed by atoms with E-state index in [4.69, 9.17) is 9.15 Å². The Bertz CT molecular complexity index is 584. The molecule has 0 bridgehead atoms. The number of unbranched alkanes of at least 4 members (excludes halogenated alkanes) is 2. The lowest BCUT2D eigenvalue weighted by atomic mass is 10.0. The van der Waals surface area contributed by atoms with Crippen LogP contribution in [0.1, 0.15) is 31.7 Å². The molecule has 0 aliphatic carbocycles. The first-order valence-electron chi connectivity index (χ1n) is 6.35. The fraction of sp³-hybridized carbons (Fsp3) is 0.400. The van der Waals surface area contributed by atoms with Crippen LogP contribution in [0.15, 0.2) is 33.5 Å². The molecule has 1 aromatic carbocycles. The van der Waals surface area contributed by atoms with Crippen LogP contribution in [0.5, 0.6) is 5.75 Å².